The molecule has 0 bridgehead atoms. The van der Waals surface area contributed by atoms with Crippen LogP contribution in [0.3, 0.4) is 0 Å². The summed E-state index contributed by atoms with van der Waals surface area (Å²) in [6, 6.07) is 11.9. The van der Waals surface area contributed by atoms with Gasteiger partial charge < -0.3 is 14.9 Å². The molecule has 2 N–H and O–H groups in total. The smallest absolute Gasteiger partial charge is 0.119 e. The van der Waals surface area contributed by atoms with Gasteiger partial charge in [0.25, 0.3) is 0 Å². The maximum absolute atomic E-state index is 10.4. The molecule has 1 fully saturated rings. The molecule has 0 aliphatic carbocycles. The fraction of sp³-hybridized carbons (Fsp3) is 0.421. The standard InChI is InChI=1S/C19H24N2O3/c22-8-9-24-18-3-1-2-16(11-18)12-21-13-17(19(23)14-21)10-15-4-6-20-7-5-15/h1-7,11,17,19,22-23H,8-10,12-14H2/t17-,19+/m1/s1. The number of likely N-dealkylation sites (tertiary alicyclic amines) is 1. The van der Waals surface area contributed by atoms with Crippen LogP contribution < -0.4 is 4.74 Å². The van der Waals surface area contributed by atoms with E-state index in [1.807, 2.05) is 30.3 Å². The van der Waals surface area contributed by atoms with Gasteiger partial charge in [-0.05, 0) is 41.8 Å². The number of hydrogen-bond donors (Lipinski definition) is 2. The third-order valence-corrected chi connectivity index (χ3v) is 4.39. The summed E-state index contributed by atoms with van der Waals surface area (Å²) < 4.78 is 5.46. The molecule has 1 aliphatic heterocycles. The van der Waals surface area contributed by atoms with E-state index in [0.717, 1.165) is 30.8 Å². The van der Waals surface area contributed by atoms with Crippen molar-refractivity contribution in [3.05, 3.63) is 59.9 Å². The molecule has 2 atom stereocenters. The van der Waals surface area contributed by atoms with Crippen molar-refractivity contribution in [1.82, 2.24) is 9.88 Å². The van der Waals surface area contributed by atoms with Gasteiger partial charge in [-0.1, -0.05) is 12.1 Å². The number of β-amino-alcohol motifs (C(OH)–C–C–N with tert-alkyl or cyclic N) is 1. The van der Waals surface area contributed by atoms with E-state index in [0.29, 0.717) is 13.2 Å². The van der Waals surface area contributed by atoms with Gasteiger partial charge in [0.1, 0.15) is 12.4 Å². The van der Waals surface area contributed by atoms with Crippen LogP contribution in [0.5, 0.6) is 5.75 Å². The van der Waals surface area contributed by atoms with Gasteiger partial charge in [-0.25, -0.2) is 0 Å². The minimum atomic E-state index is -0.299. The molecular formula is C19H24N2O3. The second-order valence-corrected chi connectivity index (χ2v) is 6.30. The number of pyridine rings is 1. The molecule has 1 saturated heterocycles. The number of benzene rings is 1. The fourth-order valence-corrected chi connectivity index (χ4v) is 3.25. The molecule has 1 aromatic heterocycles. The van der Waals surface area contributed by atoms with Gasteiger partial charge in [0, 0.05) is 37.9 Å². The summed E-state index contributed by atoms with van der Waals surface area (Å²) in [4.78, 5) is 6.32. The number of nitrogens with zero attached hydrogens (tertiary/aromatic N) is 2. The lowest BCUT2D eigenvalue weighted by Gasteiger charge is -2.16. The molecule has 1 aliphatic rings. The Balaban J connectivity index is 1.57. The Morgan fingerprint density at radius 2 is 1.96 bits per heavy atom. The Bertz CT molecular complexity index is 636. The molecule has 1 aromatic carbocycles. The molecule has 0 unspecified atom stereocenters. The number of hydrogen-bond acceptors (Lipinski definition) is 5. The number of rotatable bonds is 7. The number of aromatic nitrogens is 1. The van der Waals surface area contributed by atoms with Crippen LogP contribution in [0.25, 0.3) is 0 Å². The van der Waals surface area contributed by atoms with Crippen molar-refractivity contribution in [3.63, 3.8) is 0 Å². The summed E-state index contributed by atoms with van der Waals surface area (Å²) in [7, 11) is 0. The van der Waals surface area contributed by atoms with Gasteiger partial charge in [0.2, 0.25) is 0 Å². The van der Waals surface area contributed by atoms with E-state index in [1.165, 1.54) is 5.56 Å². The highest BCUT2D eigenvalue weighted by molar-refractivity contribution is 5.28. The topological polar surface area (TPSA) is 65.8 Å². The Hall–Kier alpha value is -1.95. The van der Waals surface area contributed by atoms with Crippen LogP contribution in [0.2, 0.25) is 0 Å². The highest BCUT2D eigenvalue weighted by Crippen LogP contribution is 2.24. The Morgan fingerprint density at radius 3 is 2.75 bits per heavy atom. The average Bonchev–Trinajstić information content (AvgIpc) is 2.93. The molecule has 0 amide bonds. The molecule has 2 aromatic rings. The van der Waals surface area contributed by atoms with E-state index in [1.54, 1.807) is 12.4 Å². The van der Waals surface area contributed by atoms with Crippen LogP contribution in [0.4, 0.5) is 0 Å². The first-order valence-electron chi connectivity index (χ1n) is 8.36. The zero-order valence-corrected chi connectivity index (χ0v) is 13.7. The van der Waals surface area contributed by atoms with Crippen LogP contribution in [0.15, 0.2) is 48.8 Å². The molecule has 2 heterocycles. The SMILES string of the molecule is OCCOc1cccc(CN2C[C@@H](Cc3ccncc3)[C@@H](O)C2)c1. The average molecular weight is 328 g/mol. The molecule has 0 radical (unpaired) electrons. The van der Waals surface area contributed by atoms with Gasteiger partial charge in [0.05, 0.1) is 12.7 Å². The maximum Gasteiger partial charge on any atom is 0.119 e. The molecule has 24 heavy (non-hydrogen) atoms. The maximum atomic E-state index is 10.4. The van der Waals surface area contributed by atoms with Crippen molar-refractivity contribution in [2.24, 2.45) is 5.92 Å². The lowest BCUT2D eigenvalue weighted by molar-refractivity contribution is 0.141. The zero-order valence-electron chi connectivity index (χ0n) is 13.7. The second-order valence-electron chi connectivity index (χ2n) is 6.30. The Morgan fingerprint density at radius 1 is 1.12 bits per heavy atom. The normalized spacial score (nSPS) is 21.1. The predicted molar refractivity (Wildman–Crippen MR) is 91.7 cm³/mol. The zero-order chi connectivity index (χ0) is 16.8. The van der Waals surface area contributed by atoms with Crippen LogP contribution in [-0.4, -0.2) is 52.5 Å². The van der Waals surface area contributed by atoms with E-state index in [9.17, 15) is 5.11 Å². The second kappa shape index (κ2) is 8.24. The quantitative estimate of drug-likeness (QED) is 0.806. The van der Waals surface area contributed by atoms with Gasteiger partial charge >= 0.3 is 0 Å². The number of ether oxygens (including phenoxy) is 1. The van der Waals surface area contributed by atoms with E-state index < -0.39 is 0 Å². The van der Waals surface area contributed by atoms with Crippen molar-refractivity contribution >= 4 is 0 Å². The van der Waals surface area contributed by atoms with Crippen LogP contribution in [-0.2, 0) is 13.0 Å². The molecule has 5 nitrogen and oxygen atoms in total. The number of aliphatic hydroxyl groups is 2. The lowest BCUT2D eigenvalue weighted by atomic mass is 9.97. The largest absolute Gasteiger partial charge is 0.491 e. The van der Waals surface area contributed by atoms with Crippen molar-refractivity contribution in [3.8, 4) is 5.75 Å². The molecular weight excluding hydrogens is 304 g/mol. The van der Waals surface area contributed by atoms with Crippen molar-refractivity contribution in [2.45, 2.75) is 19.1 Å². The molecule has 5 heteroatoms. The van der Waals surface area contributed by atoms with E-state index in [-0.39, 0.29) is 18.6 Å². The third kappa shape index (κ3) is 4.54. The summed E-state index contributed by atoms with van der Waals surface area (Å²) in [5.41, 5.74) is 2.37. The van der Waals surface area contributed by atoms with Gasteiger partial charge in [-0.2, -0.15) is 0 Å². The Kier molecular flexibility index (Phi) is 5.80. The van der Waals surface area contributed by atoms with Gasteiger partial charge in [0.15, 0.2) is 0 Å². The summed E-state index contributed by atoms with van der Waals surface area (Å²) in [5, 5.41) is 19.2. The first kappa shape index (κ1) is 16.9. The summed E-state index contributed by atoms with van der Waals surface area (Å²) >= 11 is 0. The molecule has 128 valence electrons. The monoisotopic (exact) mass is 328 g/mol. The first-order chi connectivity index (χ1) is 11.7. The van der Waals surface area contributed by atoms with Gasteiger partial charge in [-0.15, -0.1) is 0 Å². The third-order valence-electron chi connectivity index (χ3n) is 4.39. The van der Waals surface area contributed by atoms with Crippen LogP contribution in [0, 0.1) is 5.92 Å². The fourth-order valence-electron chi connectivity index (χ4n) is 3.25. The minimum Gasteiger partial charge on any atom is -0.491 e. The summed E-state index contributed by atoms with van der Waals surface area (Å²) in [6.45, 7) is 2.68. The van der Waals surface area contributed by atoms with Crippen molar-refractivity contribution < 1.29 is 14.9 Å². The summed E-state index contributed by atoms with van der Waals surface area (Å²) in [5.74, 6) is 1.02. The lowest BCUT2D eigenvalue weighted by Crippen LogP contribution is -2.21. The Labute approximate surface area is 142 Å². The van der Waals surface area contributed by atoms with Crippen LogP contribution >= 0.6 is 0 Å². The van der Waals surface area contributed by atoms with E-state index in [2.05, 4.69) is 16.0 Å². The molecule has 0 saturated carbocycles. The first-order valence-corrected chi connectivity index (χ1v) is 8.36. The van der Waals surface area contributed by atoms with Crippen molar-refractivity contribution in [2.75, 3.05) is 26.3 Å². The highest BCUT2D eigenvalue weighted by Gasteiger charge is 2.31. The minimum absolute atomic E-state index is 0.0131. The summed E-state index contributed by atoms with van der Waals surface area (Å²) in [6.07, 6.45) is 4.17. The number of aliphatic hydroxyl groups excluding tert-OH is 2. The predicted octanol–water partition coefficient (Wildman–Crippen LogP) is 1.49. The van der Waals surface area contributed by atoms with Crippen molar-refractivity contribution in [1.29, 1.82) is 0 Å². The van der Waals surface area contributed by atoms with E-state index in [4.69, 9.17) is 9.84 Å². The molecule has 3 rings (SSSR count). The van der Waals surface area contributed by atoms with Gasteiger partial charge in [-0.3, -0.25) is 9.88 Å². The van der Waals surface area contributed by atoms with E-state index >= 15 is 0 Å². The van der Waals surface area contributed by atoms with Crippen LogP contribution in [0.1, 0.15) is 11.1 Å². The highest BCUT2D eigenvalue weighted by atomic mass is 16.5. The molecule has 0 spiro atoms.